The normalized spacial score (nSPS) is 11.6. The van der Waals surface area contributed by atoms with Crippen LogP contribution in [0.25, 0.3) is 11.4 Å². The highest BCUT2D eigenvalue weighted by Gasteiger charge is 2.28. The third-order valence-corrected chi connectivity index (χ3v) is 3.71. The van der Waals surface area contributed by atoms with Gasteiger partial charge in [0.05, 0.1) is 5.69 Å². The molecule has 1 unspecified atom stereocenters. The average molecular weight is 365 g/mol. The van der Waals surface area contributed by atoms with Crippen molar-refractivity contribution in [2.45, 2.75) is 12.5 Å². The molecule has 9 heteroatoms. The minimum atomic E-state index is -1.17. The molecule has 3 rings (SSSR count). The predicted molar refractivity (Wildman–Crippen MR) is 93.1 cm³/mol. The first-order valence-electron chi connectivity index (χ1n) is 7.94. The van der Waals surface area contributed by atoms with E-state index < -0.39 is 23.6 Å². The Bertz CT molecular complexity index is 956. The topological polar surface area (TPSA) is 141 Å². The first kappa shape index (κ1) is 17.9. The van der Waals surface area contributed by atoms with Crippen LogP contribution < -0.4 is 11.1 Å². The van der Waals surface area contributed by atoms with Crippen molar-refractivity contribution in [1.29, 1.82) is 0 Å². The van der Waals surface area contributed by atoms with E-state index in [2.05, 4.69) is 20.3 Å². The number of pyridine rings is 2. The summed E-state index contributed by atoms with van der Waals surface area (Å²) in [5.74, 6) is -2.91. The second-order valence-corrected chi connectivity index (χ2v) is 5.57. The average Bonchev–Trinajstić information content (AvgIpc) is 3.18. The quantitative estimate of drug-likeness (QED) is 0.582. The summed E-state index contributed by atoms with van der Waals surface area (Å²) in [6.07, 6.45) is 5.80. The van der Waals surface area contributed by atoms with Gasteiger partial charge in [-0.2, -0.15) is 0 Å². The van der Waals surface area contributed by atoms with E-state index in [1.165, 1.54) is 6.20 Å². The van der Waals surface area contributed by atoms with Crippen molar-refractivity contribution in [3.05, 3.63) is 66.6 Å². The van der Waals surface area contributed by atoms with Crippen LogP contribution in [-0.2, 0) is 16.0 Å². The van der Waals surface area contributed by atoms with Gasteiger partial charge in [-0.15, -0.1) is 0 Å². The summed E-state index contributed by atoms with van der Waals surface area (Å²) in [7, 11) is 0. The SMILES string of the molecule is NC(=O)C(=O)C(Cc1cccnc1)NC(=O)c1ocnc1-c1ccccn1. The molecule has 3 aromatic rings. The lowest BCUT2D eigenvalue weighted by Gasteiger charge is -2.15. The number of Topliss-reactive ketones (excluding diaryl/α,β-unsaturated/α-hetero) is 1. The molecule has 0 aliphatic rings. The van der Waals surface area contributed by atoms with Crippen LogP contribution in [0.3, 0.4) is 0 Å². The van der Waals surface area contributed by atoms with Gasteiger partial charge >= 0.3 is 0 Å². The molecule has 3 aromatic heterocycles. The summed E-state index contributed by atoms with van der Waals surface area (Å²) in [6, 6.07) is 7.35. The highest BCUT2D eigenvalue weighted by Crippen LogP contribution is 2.19. The molecule has 9 nitrogen and oxygen atoms in total. The molecule has 0 spiro atoms. The number of ketones is 1. The molecule has 0 saturated carbocycles. The van der Waals surface area contributed by atoms with Gasteiger partial charge in [0.2, 0.25) is 11.5 Å². The zero-order valence-electron chi connectivity index (χ0n) is 14.0. The molecule has 0 fully saturated rings. The van der Waals surface area contributed by atoms with Crippen molar-refractivity contribution < 1.29 is 18.8 Å². The summed E-state index contributed by atoms with van der Waals surface area (Å²) >= 11 is 0. The van der Waals surface area contributed by atoms with Crippen LogP contribution in [0, 0.1) is 0 Å². The Labute approximate surface area is 153 Å². The van der Waals surface area contributed by atoms with Gasteiger partial charge < -0.3 is 15.5 Å². The first-order valence-corrected chi connectivity index (χ1v) is 7.94. The molecule has 0 aromatic carbocycles. The number of carbonyl (C=O) groups excluding carboxylic acids is 3. The summed E-state index contributed by atoms with van der Waals surface area (Å²) in [6.45, 7) is 0. The van der Waals surface area contributed by atoms with Crippen LogP contribution >= 0.6 is 0 Å². The van der Waals surface area contributed by atoms with Gasteiger partial charge in [-0.1, -0.05) is 12.1 Å². The van der Waals surface area contributed by atoms with Crippen molar-refractivity contribution in [3.63, 3.8) is 0 Å². The third kappa shape index (κ3) is 4.21. The number of oxazole rings is 1. The Morgan fingerprint density at radius 3 is 2.63 bits per heavy atom. The van der Waals surface area contributed by atoms with Crippen LogP contribution in [-0.4, -0.2) is 38.6 Å². The Morgan fingerprint density at radius 2 is 1.96 bits per heavy atom. The number of nitrogens with one attached hydrogen (secondary N) is 1. The lowest BCUT2D eigenvalue weighted by Crippen LogP contribution is -2.47. The van der Waals surface area contributed by atoms with E-state index in [0.717, 1.165) is 6.39 Å². The summed E-state index contributed by atoms with van der Waals surface area (Å²) in [5, 5.41) is 2.48. The number of amides is 2. The molecule has 0 aliphatic carbocycles. The Hall–Kier alpha value is -3.88. The molecule has 3 heterocycles. The Balaban J connectivity index is 1.84. The largest absolute Gasteiger partial charge is 0.438 e. The number of nitrogens with zero attached hydrogens (tertiary/aromatic N) is 3. The smallest absolute Gasteiger partial charge is 0.290 e. The van der Waals surface area contributed by atoms with E-state index in [4.69, 9.17) is 10.2 Å². The van der Waals surface area contributed by atoms with E-state index >= 15 is 0 Å². The number of rotatable bonds is 7. The first-order chi connectivity index (χ1) is 13.1. The van der Waals surface area contributed by atoms with Gasteiger partial charge in [0.1, 0.15) is 11.7 Å². The van der Waals surface area contributed by atoms with Gasteiger partial charge in [-0.05, 0) is 23.8 Å². The Morgan fingerprint density at radius 1 is 1.11 bits per heavy atom. The number of aromatic nitrogens is 3. The molecule has 1 atom stereocenters. The van der Waals surface area contributed by atoms with Crippen LogP contribution in [0.2, 0.25) is 0 Å². The standard InChI is InChI=1S/C18H15N5O4/c19-17(25)15(24)13(8-11-4-3-6-20-9-11)23-18(26)16-14(22-10-27-16)12-5-1-2-7-21-12/h1-7,9-10,13H,8H2,(H2,19,25)(H,23,26). The maximum absolute atomic E-state index is 12.6. The third-order valence-electron chi connectivity index (χ3n) is 3.71. The van der Waals surface area contributed by atoms with Gasteiger partial charge in [0, 0.05) is 25.0 Å². The summed E-state index contributed by atoms with van der Waals surface area (Å²) in [4.78, 5) is 48.2. The van der Waals surface area contributed by atoms with Crippen LogP contribution in [0.1, 0.15) is 16.1 Å². The fourth-order valence-corrected chi connectivity index (χ4v) is 2.45. The molecular weight excluding hydrogens is 350 g/mol. The highest BCUT2D eigenvalue weighted by molar-refractivity contribution is 6.38. The minimum absolute atomic E-state index is 0.0500. The monoisotopic (exact) mass is 365 g/mol. The van der Waals surface area contributed by atoms with E-state index in [0.29, 0.717) is 11.3 Å². The molecule has 27 heavy (non-hydrogen) atoms. The number of carbonyl (C=O) groups is 3. The van der Waals surface area contributed by atoms with Crippen LogP contribution in [0.15, 0.2) is 59.7 Å². The number of hydrogen-bond donors (Lipinski definition) is 2. The summed E-state index contributed by atoms with van der Waals surface area (Å²) < 4.78 is 5.17. The van der Waals surface area contributed by atoms with Crippen molar-refractivity contribution in [2.24, 2.45) is 5.73 Å². The molecular formula is C18H15N5O4. The molecule has 0 radical (unpaired) electrons. The lowest BCUT2D eigenvalue weighted by atomic mass is 10.0. The van der Waals surface area contributed by atoms with Gasteiger partial charge in [-0.25, -0.2) is 4.98 Å². The molecule has 0 bridgehead atoms. The maximum Gasteiger partial charge on any atom is 0.290 e. The lowest BCUT2D eigenvalue weighted by molar-refractivity contribution is -0.137. The zero-order valence-corrected chi connectivity index (χ0v) is 14.0. The molecule has 2 amide bonds. The molecule has 0 aliphatic heterocycles. The number of nitrogens with two attached hydrogens (primary N) is 1. The van der Waals surface area contributed by atoms with Gasteiger partial charge in [0.15, 0.2) is 6.39 Å². The molecule has 3 N–H and O–H groups in total. The van der Waals surface area contributed by atoms with E-state index in [-0.39, 0.29) is 17.9 Å². The van der Waals surface area contributed by atoms with Gasteiger partial charge in [0.25, 0.3) is 11.8 Å². The van der Waals surface area contributed by atoms with Crippen molar-refractivity contribution >= 4 is 17.6 Å². The Kier molecular flexibility index (Phi) is 5.31. The fraction of sp³-hybridized carbons (Fsp3) is 0.111. The van der Waals surface area contributed by atoms with Crippen molar-refractivity contribution in [1.82, 2.24) is 20.3 Å². The number of hydrogen-bond acceptors (Lipinski definition) is 7. The highest BCUT2D eigenvalue weighted by atomic mass is 16.3. The predicted octanol–water partition coefficient (Wildman–Crippen LogP) is 0.527. The number of primary amides is 1. The van der Waals surface area contributed by atoms with Crippen molar-refractivity contribution in [3.8, 4) is 11.4 Å². The fourth-order valence-electron chi connectivity index (χ4n) is 2.45. The van der Waals surface area contributed by atoms with Gasteiger partial charge in [-0.3, -0.25) is 24.4 Å². The van der Waals surface area contributed by atoms with E-state index in [1.807, 2.05) is 0 Å². The molecule has 136 valence electrons. The van der Waals surface area contributed by atoms with Crippen LogP contribution in [0.4, 0.5) is 0 Å². The van der Waals surface area contributed by atoms with Crippen LogP contribution in [0.5, 0.6) is 0 Å². The summed E-state index contributed by atoms with van der Waals surface area (Å²) in [5.41, 5.74) is 6.41. The zero-order chi connectivity index (χ0) is 19.2. The molecule has 0 saturated heterocycles. The second kappa shape index (κ2) is 8.00. The maximum atomic E-state index is 12.6. The van der Waals surface area contributed by atoms with E-state index in [1.54, 1.807) is 42.7 Å². The second-order valence-electron chi connectivity index (χ2n) is 5.57. The van der Waals surface area contributed by atoms with Crippen molar-refractivity contribution in [2.75, 3.05) is 0 Å². The minimum Gasteiger partial charge on any atom is -0.438 e. The van der Waals surface area contributed by atoms with E-state index in [9.17, 15) is 14.4 Å².